The number of rotatable bonds is 4. The molecule has 0 saturated carbocycles. The van der Waals surface area contributed by atoms with E-state index in [1.165, 1.54) is 16.7 Å². The molecule has 6 nitrogen and oxygen atoms in total. The Labute approximate surface area is 131 Å². The summed E-state index contributed by atoms with van der Waals surface area (Å²) in [5.41, 5.74) is 0. The average molecular weight is 334 g/mol. The van der Waals surface area contributed by atoms with Gasteiger partial charge in [0.25, 0.3) is 0 Å². The molecule has 2 aliphatic heterocycles. The van der Waals surface area contributed by atoms with Gasteiger partial charge in [-0.05, 0) is 19.3 Å². The van der Waals surface area contributed by atoms with E-state index < -0.39 is 22.8 Å². The van der Waals surface area contributed by atoms with Crippen molar-refractivity contribution in [1.29, 1.82) is 0 Å². The quantitative estimate of drug-likeness (QED) is 0.808. The number of nitrogens with zero attached hydrogens (tertiary/aromatic N) is 1. The summed E-state index contributed by atoms with van der Waals surface area (Å²) in [6.07, 6.45) is 3.12. The number of carbonyl (C=O) groups is 2. The van der Waals surface area contributed by atoms with Gasteiger partial charge in [-0.25, -0.2) is 9.59 Å². The first kappa shape index (κ1) is 16.6. The molecule has 0 aromatic heterocycles. The summed E-state index contributed by atoms with van der Waals surface area (Å²) in [5.74, 6) is 0.726. The third-order valence-electron chi connectivity index (χ3n) is 3.86. The molecule has 0 aromatic rings. The molecular weight excluding hydrogens is 312 g/mol. The Balaban J connectivity index is 1.99. The van der Waals surface area contributed by atoms with Gasteiger partial charge >= 0.3 is 12.0 Å². The third-order valence-corrected chi connectivity index (χ3v) is 6.60. The minimum Gasteiger partial charge on any atom is -0.480 e. The fourth-order valence-corrected chi connectivity index (χ4v) is 5.49. The molecule has 2 amide bonds. The third kappa shape index (κ3) is 4.12. The molecule has 2 rings (SSSR count). The maximum Gasteiger partial charge on any atom is 0.327 e. The largest absolute Gasteiger partial charge is 0.480 e. The van der Waals surface area contributed by atoms with Crippen molar-refractivity contribution in [2.45, 2.75) is 50.1 Å². The minimum atomic E-state index is -0.944. The average Bonchev–Trinajstić information content (AvgIpc) is 2.86. The number of urea groups is 1. The number of hydrogen-bond acceptors (Lipinski definition) is 4. The SMILES string of the molecule is CCCC1SCC(C(=O)O)N1C(=O)NC1CCS(=O)CC1. The van der Waals surface area contributed by atoms with Gasteiger partial charge in [0, 0.05) is 34.1 Å². The maximum absolute atomic E-state index is 12.5. The molecule has 2 N–H and O–H groups in total. The molecule has 0 aromatic carbocycles. The Morgan fingerprint density at radius 3 is 2.62 bits per heavy atom. The van der Waals surface area contributed by atoms with E-state index in [4.69, 9.17) is 0 Å². The number of carbonyl (C=O) groups excluding carboxylic acids is 1. The first-order chi connectivity index (χ1) is 10.0. The first-order valence-corrected chi connectivity index (χ1v) is 9.84. The van der Waals surface area contributed by atoms with Crippen LogP contribution in [0, 0.1) is 0 Å². The first-order valence-electron chi connectivity index (χ1n) is 7.31. The van der Waals surface area contributed by atoms with Crippen LogP contribution in [0.4, 0.5) is 4.79 Å². The van der Waals surface area contributed by atoms with Crippen LogP contribution in [-0.2, 0) is 15.6 Å². The maximum atomic E-state index is 12.5. The van der Waals surface area contributed by atoms with E-state index >= 15 is 0 Å². The Kier molecular flexibility index (Phi) is 5.92. The van der Waals surface area contributed by atoms with Crippen molar-refractivity contribution in [1.82, 2.24) is 10.2 Å². The molecule has 2 heterocycles. The fourth-order valence-electron chi connectivity index (χ4n) is 2.68. The predicted molar refractivity (Wildman–Crippen MR) is 83.8 cm³/mol. The highest BCUT2D eigenvalue weighted by molar-refractivity contribution is 8.00. The van der Waals surface area contributed by atoms with E-state index in [0.29, 0.717) is 30.1 Å². The van der Waals surface area contributed by atoms with Crippen molar-refractivity contribution in [3.05, 3.63) is 0 Å². The number of hydrogen-bond donors (Lipinski definition) is 2. The van der Waals surface area contributed by atoms with Crippen molar-refractivity contribution < 1.29 is 18.9 Å². The van der Waals surface area contributed by atoms with Crippen LogP contribution >= 0.6 is 11.8 Å². The number of nitrogens with one attached hydrogen (secondary N) is 1. The van der Waals surface area contributed by atoms with E-state index in [-0.39, 0.29) is 17.4 Å². The lowest BCUT2D eigenvalue weighted by Gasteiger charge is -2.30. The van der Waals surface area contributed by atoms with Gasteiger partial charge in [-0.2, -0.15) is 0 Å². The summed E-state index contributed by atoms with van der Waals surface area (Å²) in [6.45, 7) is 2.03. The van der Waals surface area contributed by atoms with E-state index in [9.17, 15) is 18.9 Å². The van der Waals surface area contributed by atoms with Crippen LogP contribution in [0.25, 0.3) is 0 Å². The lowest BCUT2D eigenvalue weighted by Crippen LogP contribution is -2.53. The fraction of sp³-hybridized carbons (Fsp3) is 0.846. The second-order valence-corrected chi connectivity index (χ2v) is 8.32. The summed E-state index contributed by atoms with van der Waals surface area (Å²) in [7, 11) is -0.765. The van der Waals surface area contributed by atoms with Crippen LogP contribution in [0.1, 0.15) is 32.6 Å². The molecule has 2 saturated heterocycles. The van der Waals surface area contributed by atoms with Gasteiger partial charge in [-0.3, -0.25) is 9.11 Å². The van der Waals surface area contributed by atoms with Crippen LogP contribution in [0.3, 0.4) is 0 Å². The Bertz CT molecular complexity index is 422. The Morgan fingerprint density at radius 1 is 1.38 bits per heavy atom. The number of aliphatic carboxylic acids is 1. The standard InChI is InChI=1S/C13H22N2O4S2/c1-2-3-11-15(10(8-20-11)12(16)17)13(18)14-9-4-6-21(19)7-5-9/h9-11H,2-8H2,1H3,(H,14,18)(H,16,17). The van der Waals surface area contributed by atoms with E-state index in [1.54, 1.807) is 0 Å². The Hall–Kier alpha value is -0.760. The van der Waals surface area contributed by atoms with Gasteiger partial charge in [0.05, 0.1) is 5.37 Å². The van der Waals surface area contributed by atoms with Crippen LogP contribution in [-0.4, -0.2) is 60.9 Å². The number of thioether (sulfide) groups is 1. The number of carboxylic acids is 1. The van der Waals surface area contributed by atoms with Gasteiger partial charge in [0.15, 0.2) is 0 Å². The van der Waals surface area contributed by atoms with Crippen molar-refractivity contribution in [2.75, 3.05) is 17.3 Å². The second-order valence-electron chi connectivity index (χ2n) is 5.41. The van der Waals surface area contributed by atoms with Crippen molar-refractivity contribution in [2.24, 2.45) is 0 Å². The highest BCUT2D eigenvalue weighted by Crippen LogP contribution is 2.32. The molecule has 0 radical (unpaired) electrons. The molecule has 0 aliphatic carbocycles. The lowest BCUT2D eigenvalue weighted by atomic mass is 10.1. The molecule has 8 heteroatoms. The zero-order valence-electron chi connectivity index (χ0n) is 12.1. The smallest absolute Gasteiger partial charge is 0.327 e. The lowest BCUT2D eigenvalue weighted by molar-refractivity contribution is -0.141. The molecule has 120 valence electrons. The highest BCUT2D eigenvalue weighted by Gasteiger charge is 2.41. The molecule has 2 aliphatic rings. The molecular formula is C13H22N2O4S2. The van der Waals surface area contributed by atoms with Crippen LogP contribution in [0.15, 0.2) is 0 Å². The normalized spacial score (nSPS) is 32.9. The topological polar surface area (TPSA) is 86.7 Å². The summed E-state index contributed by atoms with van der Waals surface area (Å²) < 4.78 is 11.3. The zero-order chi connectivity index (χ0) is 15.4. The van der Waals surface area contributed by atoms with E-state index in [2.05, 4.69) is 5.32 Å². The second kappa shape index (κ2) is 7.49. The van der Waals surface area contributed by atoms with E-state index in [0.717, 1.165) is 12.8 Å². The summed E-state index contributed by atoms with van der Waals surface area (Å²) >= 11 is 1.54. The van der Waals surface area contributed by atoms with Crippen LogP contribution in [0.2, 0.25) is 0 Å². The van der Waals surface area contributed by atoms with Gasteiger partial charge in [0.2, 0.25) is 0 Å². The molecule has 0 bridgehead atoms. The van der Waals surface area contributed by atoms with Crippen LogP contribution in [0.5, 0.6) is 0 Å². The van der Waals surface area contributed by atoms with Gasteiger partial charge in [-0.1, -0.05) is 13.3 Å². The molecule has 2 fully saturated rings. The number of amides is 2. The monoisotopic (exact) mass is 334 g/mol. The summed E-state index contributed by atoms with van der Waals surface area (Å²) in [4.78, 5) is 25.3. The van der Waals surface area contributed by atoms with Gasteiger partial charge in [0.1, 0.15) is 6.04 Å². The van der Waals surface area contributed by atoms with Crippen molar-refractivity contribution >= 4 is 34.6 Å². The number of carboxylic acid groups (broad SMARTS) is 1. The summed E-state index contributed by atoms with van der Waals surface area (Å²) in [6, 6.07) is -1.02. The van der Waals surface area contributed by atoms with Gasteiger partial charge in [-0.15, -0.1) is 11.8 Å². The van der Waals surface area contributed by atoms with E-state index in [1.807, 2.05) is 6.92 Å². The summed E-state index contributed by atoms with van der Waals surface area (Å²) in [5, 5.41) is 12.2. The molecule has 2 atom stereocenters. The zero-order valence-corrected chi connectivity index (χ0v) is 13.8. The molecule has 0 spiro atoms. The molecule has 21 heavy (non-hydrogen) atoms. The van der Waals surface area contributed by atoms with Crippen molar-refractivity contribution in [3.8, 4) is 0 Å². The van der Waals surface area contributed by atoms with Crippen LogP contribution < -0.4 is 5.32 Å². The minimum absolute atomic E-state index is 0.0116. The molecule has 2 unspecified atom stereocenters. The van der Waals surface area contributed by atoms with Gasteiger partial charge < -0.3 is 10.4 Å². The predicted octanol–water partition coefficient (Wildman–Crippen LogP) is 1.24. The van der Waals surface area contributed by atoms with Crippen molar-refractivity contribution in [3.63, 3.8) is 0 Å². The Morgan fingerprint density at radius 2 is 2.05 bits per heavy atom. The highest BCUT2D eigenvalue weighted by atomic mass is 32.2.